The summed E-state index contributed by atoms with van der Waals surface area (Å²) >= 11 is 4.02. The molecule has 0 N–H and O–H groups in total. The largest absolute Gasteiger partial charge is 0.145 e. The van der Waals surface area contributed by atoms with Crippen molar-refractivity contribution >= 4 is 141 Å². The molecule has 59 heavy (non-hydrogen) atoms. The Morgan fingerprint density at radius 3 is 1.44 bits per heavy atom. The topological polar surface area (TPSA) is 0 Å². The molecule has 2 unspecified atom stereocenters. The van der Waals surface area contributed by atoms with Crippen molar-refractivity contribution in [3.8, 4) is 0 Å². The van der Waals surface area contributed by atoms with Crippen molar-refractivity contribution < 1.29 is 0 Å². The third-order valence-corrected chi connectivity index (χ3v) is 20.5. The maximum Gasteiger partial charge on any atom is 0.0119 e. The van der Waals surface area contributed by atoms with Gasteiger partial charge in [-0.15, -0.1) is 22.7 Å². The summed E-state index contributed by atoms with van der Waals surface area (Å²) in [7, 11) is 0. The highest BCUT2D eigenvalue weighted by molar-refractivity contribution is 7.12. The first-order chi connectivity index (χ1) is 28.8. The molecule has 5 aliphatic carbocycles. The lowest BCUT2D eigenvalue weighted by Gasteiger charge is -2.46. The van der Waals surface area contributed by atoms with E-state index < -0.39 is 0 Å². The van der Waals surface area contributed by atoms with Gasteiger partial charge in [-0.25, -0.2) is 0 Å². The second kappa shape index (κ2) is 8.60. The molecule has 19 rings (SSSR count). The number of hydrogen-bond acceptors (Lipinski definition) is 2. The van der Waals surface area contributed by atoms with E-state index in [-0.39, 0.29) is 5.41 Å². The molecule has 0 radical (unpaired) electrons. The smallest absolute Gasteiger partial charge is 0.0119 e. The molecule has 2 heteroatoms. The molecule has 0 nitrogen and oxygen atoms in total. The van der Waals surface area contributed by atoms with Gasteiger partial charge in [0.05, 0.1) is 0 Å². The second-order valence-corrected chi connectivity index (χ2v) is 23.1. The summed E-state index contributed by atoms with van der Waals surface area (Å²) in [6.07, 6.45) is 8.20. The first kappa shape index (κ1) is 30.1. The van der Waals surface area contributed by atoms with Crippen LogP contribution in [-0.2, 0) is 50.4 Å². The van der Waals surface area contributed by atoms with Crippen molar-refractivity contribution in [1.29, 1.82) is 0 Å². The molecule has 0 fully saturated rings. The van der Waals surface area contributed by atoms with Gasteiger partial charge in [0, 0.05) is 24.9 Å². The van der Waals surface area contributed by atoms with Gasteiger partial charge >= 0.3 is 0 Å². The quantitative estimate of drug-likeness (QED) is 0.153. The van der Waals surface area contributed by atoms with Crippen LogP contribution in [0.2, 0.25) is 0 Å². The Labute approximate surface area is 348 Å². The Morgan fingerprint density at radius 1 is 0.441 bits per heavy atom. The van der Waals surface area contributed by atoms with Gasteiger partial charge in [-0.05, 0) is 258 Å². The maximum atomic E-state index is 2.79. The van der Waals surface area contributed by atoms with Crippen molar-refractivity contribution in [3.05, 3.63) is 111 Å². The standard InChI is InChI=1S/C47H22S.C10H16S/c1-13-22-10-25-23-9-20-7-17-5-18-4-15-3-16-6-19-8-21-11-47(25,12-24(22)14(2)48-13)46-32(21)37-31(19)36-27(16)26(15)34-30(18)35-28(17)29(20)38-33(23)45(46)44-42(37)40(36)39(34)41(35)43(38)44;1-5-9-7(3)11-8(4)10(9)6-2/h4-6,8-9,25H,3,7,10-12H2,1-2H3;5-6H2,1-4H3. The fourth-order valence-corrected chi connectivity index (χ4v) is 19.2. The molecule has 2 atom stereocenters. The van der Waals surface area contributed by atoms with Gasteiger partial charge in [-0.1, -0.05) is 44.2 Å². The maximum absolute atomic E-state index is 2.79. The number of benzene rings is 9. The number of hydrogen-bond donors (Lipinski definition) is 0. The molecule has 278 valence electrons. The molecule has 0 amide bonds. The molecule has 0 saturated heterocycles. The fraction of sp³-hybridized carbons (Fsp3) is 0.263. The first-order valence-corrected chi connectivity index (χ1v) is 24.1. The molecular formula is C57H38S2. The minimum absolute atomic E-state index is 0.148. The SMILES string of the molecule is CCc1c(C)sc(C)c1CC.Cc1sc(C)c2c1CC1c3cc4c5c6c(cc7cc8c9c%10c(cc%11cc%12c%13c(c%14c3c5c3c%14c5c%13c%11c%10c5c5c9c7c6c35)C1(C2)C%12)C8)C4. The van der Waals surface area contributed by atoms with Crippen LogP contribution < -0.4 is 0 Å². The van der Waals surface area contributed by atoms with Crippen molar-refractivity contribution in [2.75, 3.05) is 0 Å². The van der Waals surface area contributed by atoms with E-state index in [1.165, 1.54) is 52.6 Å². The zero-order chi connectivity index (χ0) is 38.3. The highest BCUT2D eigenvalue weighted by Crippen LogP contribution is 2.72. The van der Waals surface area contributed by atoms with Crippen LogP contribution in [0, 0.1) is 27.7 Å². The molecule has 1 spiro atoms. The monoisotopic (exact) mass is 786 g/mol. The van der Waals surface area contributed by atoms with Gasteiger partial charge < -0.3 is 0 Å². The normalized spacial score (nSPS) is 20.1. The second-order valence-electron chi connectivity index (χ2n) is 20.3. The third kappa shape index (κ3) is 2.63. The summed E-state index contributed by atoms with van der Waals surface area (Å²) in [5, 5.41) is 36.0. The molecule has 2 aromatic heterocycles. The highest BCUT2D eigenvalue weighted by Gasteiger charge is 2.55. The van der Waals surface area contributed by atoms with E-state index in [0.29, 0.717) is 5.92 Å². The van der Waals surface area contributed by atoms with E-state index in [0.717, 1.165) is 12.8 Å². The lowest BCUT2D eigenvalue weighted by molar-refractivity contribution is 0.327. The first-order valence-electron chi connectivity index (χ1n) is 22.5. The third-order valence-electron chi connectivity index (χ3n) is 18.3. The van der Waals surface area contributed by atoms with Gasteiger partial charge in [0.25, 0.3) is 0 Å². The summed E-state index contributed by atoms with van der Waals surface area (Å²) in [5.74, 6) is 0.542. The zero-order valence-corrected chi connectivity index (χ0v) is 35.9. The van der Waals surface area contributed by atoms with Gasteiger partial charge in [0.15, 0.2) is 0 Å². The lowest BCUT2D eigenvalue weighted by Crippen LogP contribution is -2.42. The average molecular weight is 787 g/mol. The number of rotatable bonds is 2. The number of fused-ring (bicyclic) bond motifs is 2. The van der Waals surface area contributed by atoms with Gasteiger partial charge in [-0.2, -0.15) is 0 Å². The van der Waals surface area contributed by atoms with Gasteiger partial charge in [-0.3, -0.25) is 0 Å². The van der Waals surface area contributed by atoms with Crippen molar-refractivity contribution in [2.24, 2.45) is 0 Å². The van der Waals surface area contributed by atoms with Crippen LogP contribution >= 0.6 is 22.7 Å². The Balaban J connectivity index is 0.000000246. The van der Waals surface area contributed by atoms with Gasteiger partial charge in [0.2, 0.25) is 0 Å². The molecular weight excluding hydrogens is 749 g/mol. The van der Waals surface area contributed by atoms with Crippen LogP contribution in [0.25, 0.3) is 118 Å². The summed E-state index contributed by atoms with van der Waals surface area (Å²) in [5.41, 5.74) is 18.3. The summed E-state index contributed by atoms with van der Waals surface area (Å²) in [6.45, 7) is 13.8. The average Bonchev–Trinajstić information content (AvgIpc) is 4.09. The molecule has 5 aliphatic rings. The lowest BCUT2D eigenvalue weighted by atomic mass is 9.56. The summed E-state index contributed by atoms with van der Waals surface area (Å²) in [4.78, 5) is 6.18. The van der Waals surface area contributed by atoms with Crippen LogP contribution in [0.15, 0.2) is 30.3 Å². The minimum atomic E-state index is 0.148. The highest BCUT2D eigenvalue weighted by atomic mass is 32.1. The zero-order valence-electron chi connectivity index (χ0n) is 34.2. The van der Waals surface area contributed by atoms with Crippen LogP contribution in [0.3, 0.4) is 0 Å². The number of aryl methyl sites for hydroxylation is 4. The molecule has 12 aromatic carbocycles. The van der Waals surface area contributed by atoms with Crippen LogP contribution in [-0.4, -0.2) is 0 Å². The van der Waals surface area contributed by atoms with Crippen LogP contribution in [0.5, 0.6) is 0 Å². The Hall–Kier alpha value is -5.02. The Bertz CT molecular complexity index is 4300. The molecule has 0 saturated carbocycles. The van der Waals surface area contributed by atoms with Crippen molar-refractivity contribution in [1.82, 2.24) is 0 Å². The van der Waals surface area contributed by atoms with Crippen molar-refractivity contribution in [3.63, 3.8) is 0 Å². The molecule has 14 aromatic rings. The van der Waals surface area contributed by atoms with E-state index in [9.17, 15) is 0 Å². The minimum Gasteiger partial charge on any atom is -0.145 e. The van der Waals surface area contributed by atoms with E-state index in [2.05, 4.69) is 83.2 Å². The predicted molar refractivity (Wildman–Crippen MR) is 256 cm³/mol. The summed E-state index contributed by atoms with van der Waals surface area (Å²) < 4.78 is 0. The molecule has 0 bridgehead atoms. The van der Waals surface area contributed by atoms with Crippen LogP contribution in [0.4, 0.5) is 0 Å². The Morgan fingerprint density at radius 2 is 0.881 bits per heavy atom. The number of thiophene rings is 2. The van der Waals surface area contributed by atoms with E-state index >= 15 is 0 Å². The molecule has 2 heterocycles. The molecule has 0 aliphatic heterocycles. The van der Waals surface area contributed by atoms with Crippen LogP contribution in [0.1, 0.15) is 100 Å². The van der Waals surface area contributed by atoms with Crippen molar-refractivity contribution in [2.45, 2.75) is 97.8 Å². The predicted octanol–water partition coefficient (Wildman–Crippen LogP) is 15.5. The fourth-order valence-electron chi connectivity index (χ4n) is 16.8. The van der Waals surface area contributed by atoms with E-state index in [4.69, 9.17) is 0 Å². The van der Waals surface area contributed by atoms with E-state index in [1.54, 1.807) is 179 Å². The summed E-state index contributed by atoms with van der Waals surface area (Å²) in [6, 6.07) is 13.4. The van der Waals surface area contributed by atoms with E-state index in [1.807, 2.05) is 11.3 Å². The Kier molecular flexibility index (Phi) is 4.39. The van der Waals surface area contributed by atoms with Gasteiger partial charge in [0.1, 0.15) is 0 Å².